The summed E-state index contributed by atoms with van der Waals surface area (Å²) in [5.41, 5.74) is 7.99. The number of anilines is 1. The van der Waals surface area contributed by atoms with E-state index in [0.29, 0.717) is 24.4 Å². The van der Waals surface area contributed by atoms with Crippen molar-refractivity contribution >= 4 is 22.5 Å². The molecule has 1 aromatic carbocycles. The summed E-state index contributed by atoms with van der Waals surface area (Å²) in [5, 5.41) is 0.903. The van der Waals surface area contributed by atoms with Crippen molar-refractivity contribution in [2.45, 2.75) is 12.8 Å². The van der Waals surface area contributed by atoms with Gasteiger partial charge < -0.3 is 20.4 Å². The van der Waals surface area contributed by atoms with Crippen LogP contribution in [0.3, 0.4) is 0 Å². The van der Waals surface area contributed by atoms with Crippen molar-refractivity contribution < 1.29 is 9.53 Å². The summed E-state index contributed by atoms with van der Waals surface area (Å²) in [7, 11) is 1.80. The van der Waals surface area contributed by atoms with Crippen LogP contribution >= 0.6 is 0 Å². The molecule has 0 spiro atoms. The molecular weight excluding hydrogens is 266 g/mol. The second-order valence-corrected chi connectivity index (χ2v) is 5.75. The Hall–Kier alpha value is -2.01. The van der Waals surface area contributed by atoms with Crippen LogP contribution in [-0.2, 0) is 4.74 Å². The summed E-state index contributed by atoms with van der Waals surface area (Å²) in [5.74, 6) is 0.756. The molecule has 0 aliphatic heterocycles. The third kappa shape index (κ3) is 3.19. The summed E-state index contributed by atoms with van der Waals surface area (Å²) >= 11 is 0. The Bertz CT molecular complexity index is 646. The number of likely N-dealkylation sites (N-methyl/N-ethyl adjacent to an activating group) is 1. The lowest BCUT2D eigenvalue weighted by Gasteiger charge is -2.16. The highest BCUT2D eigenvalue weighted by Crippen LogP contribution is 2.28. The smallest absolute Gasteiger partial charge is 0.255 e. The zero-order valence-corrected chi connectivity index (χ0v) is 12.3. The topological polar surface area (TPSA) is 71.3 Å². The summed E-state index contributed by atoms with van der Waals surface area (Å²) in [6.45, 7) is 2.02. The molecule has 0 radical (unpaired) electrons. The number of fused-ring (bicyclic) bond motifs is 1. The van der Waals surface area contributed by atoms with Gasteiger partial charge in [-0.1, -0.05) is 0 Å². The van der Waals surface area contributed by atoms with E-state index >= 15 is 0 Å². The highest BCUT2D eigenvalue weighted by atomic mass is 16.5. The van der Waals surface area contributed by atoms with Crippen LogP contribution in [-0.4, -0.2) is 42.6 Å². The van der Waals surface area contributed by atoms with Gasteiger partial charge >= 0.3 is 0 Å². The largest absolute Gasteiger partial charge is 0.399 e. The lowest BCUT2D eigenvalue weighted by Crippen LogP contribution is -2.30. The predicted molar refractivity (Wildman–Crippen MR) is 83.2 cm³/mol. The molecule has 1 saturated carbocycles. The molecule has 1 fully saturated rings. The fourth-order valence-corrected chi connectivity index (χ4v) is 2.36. The number of rotatable bonds is 6. The van der Waals surface area contributed by atoms with E-state index in [4.69, 9.17) is 10.5 Å². The molecule has 0 unspecified atom stereocenters. The third-order valence-electron chi connectivity index (χ3n) is 3.90. The van der Waals surface area contributed by atoms with E-state index in [1.807, 2.05) is 18.2 Å². The zero-order valence-electron chi connectivity index (χ0n) is 12.3. The van der Waals surface area contributed by atoms with Gasteiger partial charge in [-0.05, 0) is 37.0 Å². The number of nitrogen functional groups attached to an aromatic ring is 1. The second-order valence-electron chi connectivity index (χ2n) is 5.75. The van der Waals surface area contributed by atoms with Crippen LogP contribution in [0.1, 0.15) is 23.2 Å². The van der Waals surface area contributed by atoms with Gasteiger partial charge in [0.15, 0.2) is 0 Å². The number of nitrogens with one attached hydrogen (secondary N) is 1. The Morgan fingerprint density at radius 1 is 1.48 bits per heavy atom. The van der Waals surface area contributed by atoms with E-state index in [0.717, 1.165) is 23.4 Å². The van der Waals surface area contributed by atoms with Gasteiger partial charge in [-0.25, -0.2) is 0 Å². The third-order valence-corrected chi connectivity index (χ3v) is 3.90. The van der Waals surface area contributed by atoms with Gasteiger partial charge in [0.25, 0.3) is 5.91 Å². The first-order chi connectivity index (χ1) is 10.1. The lowest BCUT2D eigenvalue weighted by atomic mass is 10.1. The number of aromatic nitrogens is 1. The van der Waals surface area contributed by atoms with Crippen molar-refractivity contribution in [3.8, 4) is 0 Å². The van der Waals surface area contributed by atoms with E-state index in [-0.39, 0.29) is 5.91 Å². The monoisotopic (exact) mass is 287 g/mol. The Kier molecular flexibility index (Phi) is 3.84. The molecule has 2 aromatic rings. The molecule has 1 aliphatic rings. The molecule has 0 atom stereocenters. The first-order valence-corrected chi connectivity index (χ1v) is 7.35. The lowest BCUT2D eigenvalue weighted by molar-refractivity contribution is 0.0683. The molecule has 3 N–H and O–H groups in total. The van der Waals surface area contributed by atoms with Crippen LogP contribution in [0.2, 0.25) is 0 Å². The molecule has 1 aliphatic carbocycles. The molecule has 112 valence electrons. The molecule has 1 amide bonds. The number of nitrogens with two attached hydrogens (primary N) is 1. The maximum Gasteiger partial charge on any atom is 0.255 e. The Morgan fingerprint density at radius 3 is 3.05 bits per heavy atom. The van der Waals surface area contributed by atoms with Crippen molar-refractivity contribution in [1.82, 2.24) is 9.88 Å². The van der Waals surface area contributed by atoms with E-state index in [2.05, 4.69) is 4.98 Å². The van der Waals surface area contributed by atoms with Gasteiger partial charge in [0.2, 0.25) is 0 Å². The van der Waals surface area contributed by atoms with Crippen molar-refractivity contribution in [2.75, 3.05) is 32.5 Å². The van der Waals surface area contributed by atoms with Crippen molar-refractivity contribution in [3.63, 3.8) is 0 Å². The predicted octanol–water partition coefficient (Wildman–Crippen LogP) is 2.25. The Morgan fingerprint density at radius 2 is 2.29 bits per heavy atom. The van der Waals surface area contributed by atoms with E-state index in [1.54, 1.807) is 18.1 Å². The molecule has 0 bridgehead atoms. The molecule has 1 heterocycles. The van der Waals surface area contributed by atoms with E-state index < -0.39 is 0 Å². The number of nitrogens with zero attached hydrogens (tertiary/aromatic N) is 1. The number of H-pyrrole nitrogens is 1. The normalized spacial score (nSPS) is 14.5. The first kappa shape index (κ1) is 13.9. The summed E-state index contributed by atoms with van der Waals surface area (Å²) < 4.78 is 5.58. The number of carbonyl (C=O) groups is 1. The molecule has 5 nitrogen and oxygen atoms in total. The Labute approximate surface area is 124 Å². The molecule has 0 saturated heterocycles. The van der Waals surface area contributed by atoms with Crippen LogP contribution in [0.5, 0.6) is 0 Å². The standard InChI is InChI=1S/C16H21N3O2/c1-19(6-7-21-10-11-2-3-11)16(20)14-9-18-15-8-12(17)4-5-13(14)15/h4-5,8-9,11,18H,2-3,6-7,10,17H2,1H3. The SMILES string of the molecule is CN(CCOCC1CC1)C(=O)c1c[nH]c2cc(N)ccc12. The van der Waals surface area contributed by atoms with Crippen LogP contribution in [0.4, 0.5) is 5.69 Å². The summed E-state index contributed by atoms with van der Waals surface area (Å²) in [4.78, 5) is 17.3. The van der Waals surface area contributed by atoms with Gasteiger partial charge in [-0.15, -0.1) is 0 Å². The van der Waals surface area contributed by atoms with Crippen LogP contribution in [0, 0.1) is 5.92 Å². The number of benzene rings is 1. The summed E-state index contributed by atoms with van der Waals surface area (Å²) in [6, 6.07) is 5.53. The van der Waals surface area contributed by atoms with Gasteiger partial charge in [0.05, 0.1) is 12.2 Å². The zero-order chi connectivity index (χ0) is 14.8. The number of hydrogen-bond donors (Lipinski definition) is 2. The summed E-state index contributed by atoms with van der Waals surface area (Å²) in [6.07, 6.45) is 4.31. The quantitative estimate of drug-likeness (QED) is 0.632. The molecule has 1 aromatic heterocycles. The number of amides is 1. The minimum atomic E-state index is 0.000966. The minimum absolute atomic E-state index is 0.000966. The maximum absolute atomic E-state index is 12.5. The van der Waals surface area contributed by atoms with Gasteiger partial charge in [0.1, 0.15) is 0 Å². The van der Waals surface area contributed by atoms with Gasteiger partial charge in [0, 0.05) is 43.0 Å². The van der Waals surface area contributed by atoms with Crippen LogP contribution in [0.25, 0.3) is 10.9 Å². The van der Waals surface area contributed by atoms with Crippen LogP contribution < -0.4 is 5.73 Å². The fourth-order valence-electron chi connectivity index (χ4n) is 2.36. The maximum atomic E-state index is 12.5. The highest BCUT2D eigenvalue weighted by molar-refractivity contribution is 6.07. The Balaban J connectivity index is 1.61. The number of hydrogen-bond acceptors (Lipinski definition) is 3. The first-order valence-electron chi connectivity index (χ1n) is 7.35. The second kappa shape index (κ2) is 5.77. The van der Waals surface area contributed by atoms with E-state index in [9.17, 15) is 4.79 Å². The van der Waals surface area contributed by atoms with Gasteiger partial charge in [-0.3, -0.25) is 4.79 Å². The number of aromatic amines is 1. The fraction of sp³-hybridized carbons (Fsp3) is 0.438. The van der Waals surface area contributed by atoms with Gasteiger partial charge in [-0.2, -0.15) is 0 Å². The average Bonchev–Trinajstić information content (AvgIpc) is 3.21. The molecule has 5 heteroatoms. The van der Waals surface area contributed by atoms with Crippen molar-refractivity contribution in [1.29, 1.82) is 0 Å². The average molecular weight is 287 g/mol. The molecular formula is C16H21N3O2. The number of ether oxygens (including phenoxy) is 1. The van der Waals surface area contributed by atoms with Crippen LogP contribution in [0.15, 0.2) is 24.4 Å². The highest BCUT2D eigenvalue weighted by Gasteiger charge is 2.21. The number of carbonyl (C=O) groups excluding carboxylic acids is 1. The van der Waals surface area contributed by atoms with Crippen molar-refractivity contribution in [2.24, 2.45) is 5.92 Å². The van der Waals surface area contributed by atoms with Crippen molar-refractivity contribution in [3.05, 3.63) is 30.0 Å². The van der Waals surface area contributed by atoms with E-state index in [1.165, 1.54) is 12.8 Å². The molecule has 21 heavy (non-hydrogen) atoms. The minimum Gasteiger partial charge on any atom is -0.399 e. The molecule has 3 rings (SSSR count).